The SMILES string of the molecule is COCCCN1CNC2(CC2)C1=O. The lowest BCUT2D eigenvalue weighted by Gasteiger charge is -2.14. The second-order valence-electron chi connectivity index (χ2n) is 3.83. The Balaban J connectivity index is 1.78. The smallest absolute Gasteiger partial charge is 0.243 e. The van der Waals surface area contributed by atoms with E-state index in [0.29, 0.717) is 5.91 Å². The van der Waals surface area contributed by atoms with E-state index in [9.17, 15) is 4.79 Å². The van der Waals surface area contributed by atoms with Crippen LogP contribution in [0.4, 0.5) is 0 Å². The zero-order valence-corrected chi connectivity index (χ0v) is 8.01. The van der Waals surface area contributed by atoms with Crippen molar-refractivity contribution in [1.29, 1.82) is 0 Å². The second-order valence-corrected chi connectivity index (χ2v) is 3.83. The predicted molar refractivity (Wildman–Crippen MR) is 48.2 cm³/mol. The topological polar surface area (TPSA) is 41.6 Å². The molecule has 0 aromatic rings. The molecular weight excluding hydrogens is 168 g/mol. The standard InChI is InChI=1S/C9H16N2O2/c1-13-6-2-5-11-7-10-9(3-4-9)8(11)12/h10H,2-7H2,1H3. The van der Waals surface area contributed by atoms with Crippen LogP contribution in [0.2, 0.25) is 0 Å². The third kappa shape index (κ3) is 1.56. The van der Waals surface area contributed by atoms with Crippen molar-refractivity contribution in [2.75, 3.05) is 26.9 Å². The Morgan fingerprint density at radius 3 is 2.92 bits per heavy atom. The molecule has 4 heteroatoms. The molecular formula is C9H16N2O2. The van der Waals surface area contributed by atoms with Crippen LogP contribution in [-0.2, 0) is 9.53 Å². The van der Waals surface area contributed by atoms with E-state index in [4.69, 9.17) is 4.74 Å². The van der Waals surface area contributed by atoms with Crippen LogP contribution in [0.3, 0.4) is 0 Å². The number of carbonyl (C=O) groups excluding carboxylic acids is 1. The molecule has 0 aromatic carbocycles. The van der Waals surface area contributed by atoms with E-state index in [1.807, 2.05) is 4.90 Å². The first-order valence-electron chi connectivity index (χ1n) is 4.82. The van der Waals surface area contributed by atoms with E-state index in [0.717, 1.165) is 39.1 Å². The molecule has 2 fully saturated rings. The van der Waals surface area contributed by atoms with Crippen LogP contribution >= 0.6 is 0 Å². The van der Waals surface area contributed by atoms with Gasteiger partial charge in [-0.1, -0.05) is 0 Å². The van der Waals surface area contributed by atoms with E-state index in [2.05, 4.69) is 5.32 Å². The number of rotatable bonds is 4. The average molecular weight is 184 g/mol. The minimum atomic E-state index is -0.132. The number of methoxy groups -OCH3 is 1. The molecule has 1 aliphatic carbocycles. The number of hydrogen-bond donors (Lipinski definition) is 1. The molecule has 1 aliphatic heterocycles. The van der Waals surface area contributed by atoms with Gasteiger partial charge in [0.15, 0.2) is 0 Å². The number of carbonyl (C=O) groups is 1. The Morgan fingerprint density at radius 1 is 1.62 bits per heavy atom. The Morgan fingerprint density at radius 2 is 2.38 bits per heavy atom. The van der Waals surface area contributed by atoms with E-state index in [-0.39, 0.29) is 5.54 Å². The van der Waals surface area contributed by atoms with E-state index < -0.39 is 0 Å². The normalized spacial score (nSPS) is 24.4. The fourth-order valence-corrected chi connectivity index (χ4v) is 1.79. The lowest BCUT2D eigenvalue weighted by molar-refractivity contribution is -0.129. The molecule has 4 nitrogen and oxygen atoms in total. The third-order valence-corrected chi connectivity index (χ3v) is 2.83. The summed E-state index contributed by atoms with van der Waals surface area (Å²) in [5, 5.41) is 3.27. The molecule has 0 atom stereocenters. The van der Waals surface area contributed by atoms with Crippen LogP contribution in [0, 0.1) is 0 Å². The Labute approximate surface area is 78.2 Å². The molecule has 1 saturated heterocycles. The van der Waals surface area contributed by atoms with Gasteiger partial charge >= 0.3 is 0 Å². The van der Waals surface area contributed by atoms with Gasteiger partial charge in [-0.25, -0.2) is 0 Å². The van der Waals surface area contributed by atoms with Crippen LogP contribution in [0.25, 0.3) is 0 Å². The summed E-state index contributed by atoms with van der Waals surface area (Å²) in [7, 11) is 1.69. The minimum Gasteiger partial charge on any atom is -0.385 e. The molecule has 1 amide bonds. The predicted octanol–water partition coefficient (Wildman–Crippen LogP) is -0.0552. The summed E-state index contributed by atoms with van der Waals surface area (Å²) in [5.41, 5.74) is -0.132. The highest BCUT2D eigenvalue weighted by molar-refractivity contribution is 5.91. The zero-order chi connectivity index (χ0) is 9.31. The number of hydrogen-bond acceptors (Lipinski definition) is 3. The molecule has 1 N–H and O–H groups in total. The van der Waals surface area contributed by atoms with Crippen molar-refractivity contribution in [3.63, 3.8) is 0 Å². The molecule has 13 heavy (non-hydrogen) atoms. The van der Waals surface area contributed by atoms with Crippen molar-refractivity contribution in [2.24, 2.45) is 0 Å². The first-order chi connectivity index (χ1) is 6.28. The first-order valence-corrected chi connectivity index (χ1v) is 4.82. The van der Waals surface area contributed by atoms with Crippen molar-refractivity contribution in [2.45, 2.75) is 24.8 Å². The van der Waals surface area contributed by atoms with Gasteiger partial charge in [-0.15, -0.1) is 0 Å². The maximum absolute atomic E-state index is 11.7. The molecule has 1 saturated carbocycles. The van der Waals surface area contributed by atoms with Gasteiger partial charge < -0.3 is 9.64 Å². The van der Waals surface area contributed by atoms with Gasteiger partial charge in [0.25, 0.3) is 0 Å². The zero-order valence-electron chi connectivity index (χ0n) is 8.01. The highest BCUT2D eigenvalue weighted by atomic mass is 16.5. The summed E-state index contributed by atoms with van der Waals surface area (Å²) in [4.78, 5) is 13.6. The summed E-state index contributed by atoms with van der Waals surface area (Å²) in [6, 6.07) is 0. The van der Waals surface area contributed by atoms with Crippen molar-refractivity contribution in [3.05, 3.63) is 0 Å². The Bertz CT molecular complexity index is 214. The fraction of sp³-hybridized carbons (Fsp3) is 0.889. The number of amides is 1. The minimum absolute atomic E-state index is 0.132. The van der Waals surface area contributed by atoms with Crippen molar-refractivity contribution < 1.29 is 9.53 Å². The van der Waals surface area contributed by atoms with Gasteiger partial charge in [0.2, 0.25) is 5.91 Å². The molecule has 0 radical (unpaired) electrons. The first kappa shape index (κ1) is 8.97. The highest BCUT2D eigenvalue weighted by Crippen LogP contribution is 2.39. The summed E-state index contributed by atoms with van der Waals surface area (Å²) in [5.74, 6) is 0.295. The maximum Gasteiger partial charge on any atom is 0.243 e. The van der Waals surface area contributed by atoms with Gasteiger partial charge in [-0.3, -0.25) is 10.1 Å². The quantitative estimate of drug-likeness (QED) is 0.623. The van der Waals surface area contributed by atoms with Gasteiger partial charge in [0.1, 0.15) is 0 Å². The van der Waals surface area contributed by atoms with Gasteiger partial charge in [0.05, 0.1) is 12.2 Å². The summed E-state index contributed by atoms with van der Waals surface area (Å²) in [6.45, 7) is 2.28. The number of nitrogens with one attached hydrogen (secondary N) is 1. The molecule has 0 unspecified atom stereocenters. The van der Waals surface area contributed by atoms with Crippen LogP contribution < -0.4 is 5.32 Å². The average Bonchev–Trinajstić information content (AvgIpc) is 2.85. The molecule has 1 heterocycles. The molecule has 74 valence electrons. The van der Waals surface area contributed by atoms with Crippen molar-refractivity contribution >= 4 is 5.91 Å². The van der Waals surface area contributed by atoms with E-state index in [1.54, 1.807) is 7.11 Å². The largest absolute Gasteiger partial charge is 0.385 e. The van der Waals surface area contributed by atoms with Gasteiger partial charge in [-0.2, -0.15) is 0 Å². The number of nitrogens with zero attached hydrogens (tertiary/aromatic N) is 1. The van der Waals surface area contributed by atoms with E-state index in [1.165, 1.54) is 0 Å². The number of ether oxygens (including phenoxy) is 1. The van der Waals surface area contributed by atoms with Gasteiger partial charge in [0, 0.05) is 20.3 Å². The Kier molecular flexibility index (Phi) is 2.26. The van der Waals surface area contributed by atoms with Crippen LogP contribution in [0.1, 0.15) is 19.3 Å². The maximum atomic E-state index is 11.7. The molecule has 0 bridgehead atoms. The third-order valence-electron chi connectivity index (χ3n) is 2.83. The fourth-order valence-electron chi connectivity index (χ4n) is 1.79. The second kappa shape index (κ2) is 3.27. The van der Waals surface area contributed by atoms with Crippen LogP contribution in [0.5, 0.6) is 0 Å². The monoisotopic (exact) mass is 184 g/mol. The molecule has 2 aliphatic rings. The highest BCUT2D eigenvalue weighted by Gasteiger charge is 2.55. The van der Waals surface area contributed by atoms with Crippen LogP contribution in [0.15, 0.2) is 0 Å². The molecule has 0 aromatic heterocycles. The molecule has 1 spiro atoms. The summed E-state index contributed by atoms with van der Waals surface area (Å²) >= 11 is 0. The van der Waals surface area contributed by atoms with Crippen molar-refractivity contribution in [1.82, 2.24) is 10.2 Å². The summed E-state index contributed by atoms with van der Waals surface area (Å²) in [6.07, 6.45) is 2.97. The summed E-state index contributed by atoms with van der Waals surface area (Å²) < 4.78 is 4.95. The Hall–Kier alpha value is -0.610. The lowest BCUT2D eigenvalue weighted by atomic mass is 10.2. The van der Waals surface area contributed by atoms with E-state index >= 15 is 0 Å². The van der Waals surface area contributed by atoms with Crippen molar-refractivity contribution in [3.8, 4) is 0 Å². The van der Waals surface area contributed by atoms with Crippen LogP contribution in [-0.4, -0.2) is 43.3 Å². The lowest BCUT2D eigenvalue weighted by Crippen LogP contribution is -2.33. The molecule has 2 rings (SSSR count). The van der Waals surface area contributed by atoms with Gasteiger partial charge in [-0.05, 0) is 19.3 Å².